The highest BCUT2D eigenvalue weighted by Crippen LogP contribution is 2.27. The summed E-state index contributed by atoms with van der Waals surface area (Å²) < 4.78 is 0.286. The first kappa shape index (κ1) is 19.8. The van der Waals surface area contributed by atoms with Crippen LogP contribution in [0, 0.1) is 10.8 Å². The SMILES string of the molecule is CC(C)(C)SCc1ccc(CCC(=N)SC(=N)c2ccccc2)cc1. The van der Waals surface area contributed by atoms with Crippen LogP contribution in [0.4, 0.5) is 0 Å². The molecule has 2 aromatic rings. The van der Waals surface area contributed by atoms with Gasteiger partial charge in [0.1, 0.15) is 5.04 Å². The highest BCUT2D eigenvalue weighted by Gasteiger charge is 2.10. The highest BCUT2D eigenvalue weighted by molar-refractivity contribution is 8.26. The summed E-state index contributed by atoms with van der Waals surface area (Å²) in [6.45, 7) is 6.72. The zero-order valence-corrected chi connectivity index (χ0v) is 16.8. The van der Waals surface area contributed by atoms with Gasteiger partial charge in [-0.2, -0.15) is 11.8 Å². The van der Waals surface area contributed by atoms with Gasteiger partial charge in [-0.25, -0.2) is 0 Å². The fourth-order valence-corrected chi connectivity index (χ4v) is 3.68. The molecule has 0 aliphatic rings. The molecule has 0 saturated carbocycles. The Balaban J connectivity index is 1.79. The molecule has 0 unspecified atom stereocenters. The molecule has 0 radical (unpaired) electrons. The molecule has 2 nitrogen and oxygen atoms in total. The van der Waals surface area contributed by atoms with E-state index in [2.05, 4.69) is 45.0 Å². The molecule has 0 atom stereocenters. The van der Waals surface area contributed by atoms with Gasteiger partial charge < -0.3 is 0 Å². The normalized spacial score (nSPS) is 11.3. The number of rotatable bonds is 6. The van der Waals surface area contributed by atoms with Crippen molar-refractivity contribution in [2.24, 2.45) is 0 Å². The molecule has 0 fully saturated rings. The Morgan fingerprint density at radius 2 is 1.48 bits per heavy atom. The standard InChI is InChI=1S/C21H26N2S2/c1-21(2,3)24-15-17-11-9-16(10-12-17)13-14-19(22)25-20(23)18-7-5-4-6-8-18/h4-12,22-23H,13-15H2,1-3H3. The fraction of sp³-hybridized carbons (Fsp3) is 0.333. The Morgan fingerprint density at radius 3 is 2.08 bits per heavy atom. The third kappa shape index (κ3) is 7.49. The van der Waals surface area contributed by atoms with E-state index in [1.807, 2.05) is 42.1 Å². The van der Waals surface area contributed by atoms with E-state index in [0.29, 0.717) is 16.5 Å². The topological polar surface area (TPSA) is 47.7 Å². The van der Waals surface area contributed by atoms with Gasteiger partial charge in [-0.05, 0) is 24.0 Å². The maximum absolute atomic E-state index is 8.11. The Labute approximate surface area is 159 Å². The summed E-state index contributed by atoms with van der Waals surface area (Å²) in [6, 6.07) is 18.3. The molecule has 0 amide bonds. The summed E-state index contributed by atoms with van der Waals surface area (Å²) in [4.78, 5) is 0. The van der Waals surface area contributed by atoms with Crippen LogP contribution in [-0.4, -0.2) is 14.8 Å². The van der Waals surface area contributed by atoms with Crippen molar-refractivity contribution in [1.82, 2.24) is 0 Å². The third-order valence-corrected chi connectivity index (χ3v) is 5.83. The van der Waals surface area contributed by atoms with Crippen LogP contribution in [0.1, 0.15) is 43.9 Å². The molecule has 132 valence electrons. The molecule has 2 N–H and O–H groups in total. The Kier molecular flexibility index (Phi) is 7.33. The first-order chi connectivity index (χ1) is 11.8. The molecular formula is C21H26N2S2. The smallest absolute Gasteiger partial charge is 0.100 e. The lowest BCUT2D eigenvalue weighted by molar-refractivity contribution is 0.802. The zero-order valence-electron chi connectivity index (χ0n) is 15.1. The molecule has 0 spiro atoms. The van der Waals surface area contributed by atoms with E-state index < -0.39 is 0 Å². The number of benzene rings is 2. The van der Waals surface area contributed by atoms with E-state index in [4.69, 9.17) is 10.8 Å². The van der Waals surface area contributed by atoms with Gasteiger partial charge in [0.2, 0.25) is 0 Å². The lowest BCUT2D eigenvalue weighted by Crippen LogP contribution is -2.07. The van der Waals surface area contributed by atoms with Crippen LogP contribution < -0.4 is 0 Å². The maximum Gasteiger partial charge on any atom is 0.100 e. The predicted octanol–water partition coefficient (Wildman–Crippen LogP) is 6.39. The van der Waals surface area contributed by atoms with Crippen molar-refractivity contribution in [3.05, 3.63) is 71.3 Å². The largest absolute Gasteiger partial charge is 0.298 e. The van der Waals surface area contributed by atoms with E-state index in [1.165, 1.54) is 22.9 Å². The summed E-state index contributed by atoms with van der Waals surface area (Å²) in [5.41, 5.74) is 3.47. The summed E-state index contributed by atoms with van der Waals surface area (Å²) in [5.74, 6) is 1.03. The molecule has 0 aliphatic heterocycles. The lowest BCUT2D eigenvalue weighted by Gasteiger charge is -2.17. The van der Waals surface area contributed by atoms with Crippen LogP contribution in [-0.2, 0) is 12.2 Å². The van der Waals surface area contributed by atoms with Crippen molar-refractivity contribution in [1.29, 1.82) is 10.8 Å². The van der Waals surface area contributed by atoms with Crippen LogP contribution in [0.3, 0.4) is 0 Å². The van der Waals surface area contributed by atoms with Gasteiger partial charge in [0, 0.05) is 16.1 Å². The lowest BCUT2D eigenvalue weighted by atomic mass is 10.1. The van der Waals surface area contributed by atoms with E-state index in [-0.39, 0.29) is 4.75 Å². The van der Waals surface area contributed by atoms with Crippen LogP contribution in [0.25, 0.3) is 0 Å². The van der Waals surface area contributed by atoms with Crippen molar-refractivity contribution in [3.63, 3.8) is 0 Å². The highest BCUT2D eigenvalue weighted by atomic mass is 32.2. The van der Waals surface area contributed by atoms with Gasteiger partial charge in [-0.3, -0.25) is 10.8 Å². The second-order valence-electron chi connectivity index (χ2n) is 6.94. The molecule has 4 heteroatoms. The van der Waals surface area contributed by atoms with Crippen molar-refractivity contribution in [2.45, 2.75) is 44.1 Å². The first-order valence-electron chi connectivity index (χ1n) is 8.44. The number of aryl methyl sites for hydroxylation is 1. The van der Waals surface area contributed by atoms with Gasteiger partial charge >= 0.3 is 0 Å². The minimum Gasteiger partial charge on any atom is -0.298 e. The molecule has 2 aromatic carbocycles. The van der Waals surface area contributed by atoms with Gasteiger partial charge in [-0.15, -0.1) is 0 Å². The Morgan fingerprint density at radius 1 is 0.880 bits per heavy atom. The fourth-order valence-electron chi connectivity index (χ4n) is 2.18. The van der Waals surface area contributed by atoms with Gasteiger partial charge in [0.15, 0.2) is 0 Å². The van der Waals surface area contributed by atoms with Crippen LogP contribution in [0.2, 0.25) is 0 Å². The molecular weight excluding hydrogens is 344 g/mol. The average Bonchev–Trinajstić information content (AvgIpc) is 2.59. The van der Waals surface area contributed by atoms with Crippen molar-refractivity contribution in [3.8, 4) is 0 Å². The number of thioether (sulfide) groups is 2. The third-order valence-electron chi connectivity index (χ3n) is 3.60. The second-order valence-corrected chi connectivity index (χ2v) is 9.85. The van der Waals surface area contributed by atoms with Gasteiger partial charge in [-0.1, -0.05) is 87.1 Å². The average molecular weight is 371 g/mol. The predicted molar refractivity (Wildman–Crippen MR) is 114 cm³/mol. The number of nitrogens with one attached hydrogen (secondary N) is 2. The molecule has 0 aromatic heterocycles. The molecule has 2 rings (SSSR count). The van der Waals surface area contributed by atoms with E-state index in [1.54, 1.807) is 0 Å². The minimum atomic E-state index is 0.286. The van der Waals surface area contributed by atoms with Crippen molar-refractivity contribution in [2.75, 3.05) is 0 Å². The van der Waals surface area contributed by atoms with E-state index in [9.17, 15) is 0 Å². The van der Waals surface area contributed by atoms with E-state index >= 15 is 0 Å². The van der Waals surface area contributed by atoms with Crippen molar-refractivity contribution < 1.29 is 0 Å². The molecule has 0 aliphatic carbocycles. The number of hydrogen-bond donors (Lipinski definition) is 2. The Hall–Kier alpha value is -1.52. The van der Waals surface area contributed by atoms with Crippen LogP contribution in [0.15, 0.2) is 54.6 Å². The summed E-state index contributed by atoms with van der Waals surface area (Å²) >= 11 is 3.20. The van der Waals surface area contributed by atoms with Crippen LogP contribution in [0.5, 0.6) is 0 Å². The number of hydrogen-bond acceptors (Lipinski definition) is 4. The summed E-state index contributed by atoms with van der Waals surface area (Å²) in [5, 5.41) is 17.2. The molecule has 0 bridgehead atoms. The molecule has 0 heterocycles. The molecule has 0 saturated heterocycles. The van der Waals surface area contributed by atoms with E-state index in [0.717, 1.165) is 17.7 Å². The summed E-state index contributed by atoms with van der Waals surface area (Å²) in [6.07, 6.45) is 1.52. The zero-order chi connectivity index (χ0) is 18.3. The first-order valence-corrected chi connectivity index (χ1v) is 10.2. The minimum absolute atomic E-state index is 0.286. The second kappa shape index (κ2) is 9.25. The summed E-state index contributed by atoms with van der Waals surface area (Å²) in [7, 11) is 0. The van der Waals surface area contributed by atoms with Gasteiger partial charge in [0.25, 0.3) is 0 Å². The quantitative estimate of drug-likeness (QED) is 0.457. The monoisotopic (exact) mass is 370 g/mol. The van der Waals surface area contributed by atoms with Gasteiger partial charge in [0.05, 0.1) is 5.04 Å². The molecule has 25 heavy (non-hydrogen) atoms. The van der Waals surface area contributed by atoms with Crippen molar-refractivity contribution >= 4 is 33.6 Å². The van der Waals surface area contributed by atoms with Crippen LogP contribution >= 0.6 is 23.5 Å². The maximum atomic E-state index is 8.11. The Bertz CT molecular complexity index is 701.